The zero-order valence-electron chi connectivity index (χ0n) is 9.50. The molecule has 1 unspecified atom stereocenters. The number of rotatable bonds is 0. The first kappa shape index (κ1) is 9.66. The van der Waals surface area contributed by atoms with Crippen molar-refractivity contribution >= 4 is 11.0 Å². The van der Waals surface area contributed by atoms with Crippen LogP contribution < -0.4 is 11.0 Å². The van der Waals surface area contributed by atoms with Gasteiger partial charge in [-0.2, -0.15) is 0 Å². The molecule has 0 fully saturated rings. The Balaban J connectivity index is 2.40. The number of imidazole rings is 1. The molecule has 0 spiro atoms. The minimum Gasteiger partial charge on any atom is -0.308 e. The van der Waals surface area contributed by atoms with Crippen molar-refractivity contribution in [1.82, 2.24) is 14.9 Å². The molecular weight excluding hydrogens is 202 g/mol. The van der Waals surface area contributed by atoms with Gasteiger partial charge in [-0.15, -0.1) is 0 Å². The molecule has 1 aliphatic rings. The van der Waals surface area contributed by atoms with Crippen molar-refractivity contribution in [2.75, 3.05) is 0 Å². The number of aromatic nitrogens is 2. The quantitative estimate of drug-likeness (QED) is 0.695. The predicted molar refractivity (Wildman–Crippen MR) is 63.6 cm³/mol. The van der Waals surface area contributed by atoms with Gasteiger partial charge in [0.25, 0.3) is 0 Å². The Morgan fingerprint density at radius 2 is 2.25 bits per heavy atom. The zero-order chi connectivity index (χ0) is 11.3. The lowest BCUT2D eigenvalue weighted by molar-refractivity contribution is 0.491. The van der Waals surface area contributed by atoms with Gasteiger partial charge in [0.15, 0.2) is 0 Å². The molecule has 2 heterocycles. The molecule has 3 rings (SSSR count). The van der Waals surface area contributed by atoms with E-state index in [0.717, 1.165) is 24.1 Å². The molecule has 1 atom stereocenters. The maximum Gasteiger partial charge on any atom is 0.326 e. The molecule has 0 saturated carbocycles. The van der Waals surface area contributed by atoms with Crippen molar-refractivity contribution < 1.29 is 0 Å². The number of hydrogen-bond acceptors (Lipinski definition) is 2. The van der Waals surface area contributed by atoms with Crippen LogP contribution in [-0.2, 0) is 13.1 Å². The fraction of sp³-hybridized carbons (Fsp3) is 0.417. The van der Waals surface area contributed by atoms with Crippen LogP contribution in [0.4, 0.5) is 0 Å². The molecule has 2 N–H and O–H groups in total. The van der Waals surface area contributed by atoms with Gasteiger partial charge in [0.1, 0.15) is 0 Å². The fourth-order valence-corrected chi connectivity index (χ4v) is 2.48. The standard InChI is InChI=1S/C12H15N3O/c1-7-3-9-5-13-8(2)6-15-11(9)10(4-7)14-12(15)16/h3-4,8,13H,5-6H2,1-2H3,(H,14,16). The molecule has 0 saturated heterocycles. The molecule has 0 aliphatic carbocycles. The Morgan fingerprint density at radius 3 is 3.06 bits per heavy atom. The predicted octanol–water partition coefficient (Wildman–Crippen LogP) is 1.13. The van der Waals surface area contributed by atoms with E-state index in [1.807, 2.05) is 10.6 Å². The number of H-pyrrole nitrogens is 1. The fourth-order valence-electron chi connectivity index (χ4n) is 2.48. The van der Waals surface area contributed by atoms with Gasteiger partial charge in [-0.1, -0.05) is 6.07 Å². The van der Waals surface area contributed by atoms with Crippen molar-refractivity contribution in [2.24, 2.45) is 0 Å². The summed E-state index contributed by atoms with van der Waals surface area (Å²) in [5, 5.41) is 3.42. The van der Waals surface area contributed by atoms with Crippen LogP contribution in [0.5, 0.6) is 0 Å². The van der Waals surface area contributed by atoms with Crippen molar-refractivity contribution in [3.63, 3.8) is 0 Å². The van der Waals surface area contributed by atoms with E-state index in [4.69, 9.17) is 0 Å². The van der Waals surface area contributed by atoms with Gasteiger partial charge in [-0.3, -0.25) is 4.57 Å². The van der Waals surface area contributed by atoms with Gasteiger partial charge in [0.05, 0.1) is 11.0 Å². The molecule has 16 heavy (non-hydrogen) atoms. The highest BCUT2D eigenvalue weighted by atomic mass is 16.1. The highest BCUT2D eigenvalue weighted by molar-refractivity contribution is 5.80. The number of nitrogens with one attached hydrogen (secondary N) is 2. The first-order valence-electron chi connectivity index (χ1n) is 5.60. The summed E-state index contributed by atoms with van der Waals surface area (Å²) in [5.74, 6) is 0. The van der Waals surface area contributed by atoms with Crippen molar-refractivity contribution in [2.45, 2.75) is 33.0 Å². The summed E-state index contributed by atoms with van der Waals surface area (Å²) in [6.45, 7) is 5.72. The first-order valence-corrected chi connectivity index (χ1v) is 5.60. The van der Waals surface area contributed by atoms with E-state index in [2.05, 4.69) is 30.2 Å². The Labute approximate surface area is 93.3 Å². The molecule has 1 aromatic heterocycles. The molecule has 0 radical (unpaired) electrons. The van der Waals surface area contributed by atoms with Crippen LogP contribution in [0.25, 0.3) is 11.0 Å². The summed E-state index contributed by atoms with van der Waals surface area (Å²) in [6, 6.07) is 4.51. The van der Waals surface area contributed by atoms with Gasteiger partial charge in [-0.25, -0.2) is 4.79 Å². The average molecular weight is 217 g/mol. The maximum atomic E-state index is 11.8. The molecule has 1 aliphatic heterocycles. The van der Waals surface area contributed by atoms with E-state index < -0.39 is 0 Å². The third-order valence-electron chi connectivity index (χ3n) is 3.19. The van der Waals surface area contributed by atoms with E-state index in [1.165, 1.54) is 11.1 Å². The average Bonchev–Trinajstić information content (AvgIpc) is 2.43. The second kappa shape index (κ2) is 3.22. The normalized spacial score (nSPS) is 20.0. The third-order valence-corrected chi connectivity index (χ3v) is 3.19. The zero-order valence-corrected chi connectivity index (χ0v) is 9.50. The molecule has 4 heteroatoms. The molecule has 0 amide bonds. The SMILES string of the molecule is Cc1cc2c3c(c1)[nH]c(=O)n3CC(C)NC2. The summed E-state index contributed by atoms with van der Waals surface area (Å²) in [5.41, 5.74) is 4.41. The number of benzene rings is 1. The Kier molecular flexibility index (Phi) is 1.94. The van der Waals surface area contributed by atoms with Crippen LogP contribution >= 0.6 is 0 Å². The van der Waals surface area contributed by atoms with Crippen molar-refractivity contribution in [3.05, 3.63) is 33.7 Å². The molecule has 4 nitrogen and oxygen atoms in total. The summed E-state index contributed by atoms with van der Waals surface area (Å²) in [4.78, 5) is 14.8. The molecule has 1 aromatic carbocycles. The van der Waals surface area contributed by atoms with Gasteiger partial charge >= 0.3 is 5.69 Å². The summed E-state index contributed by atoms with van der Waals surface area (Å²) < 4.78 is 1.84. The number of aromatic amines is 1. The Hall–Kier alpha value is -1.55. The van der Waals surface area contributed by atoms with Crippen LogP contribution in [-0.4, -0.2) is 15.6 Å². The summed E-state index contributed by atoms with van der Waals surface area (Å²) in [7, 11) is 0. The minimum absolute atomic E-state index is 0.00241. The summed E-state index contributed by atoms with van der Waals surface area (Å²) >= 11 is 0. The Bertz CT molecular complexity index is 608. The van der Waals surface area contributed by atoms with Crippen LogP contribution in [0.2, 0.25) is 0 Å². The van der Waals surface area contributed by atoms with Crippen LogP contribution in [0.1, 0.15) is 18.1 Å². The first-order chi connectivity index (χ1) is 7.65. The van der Waals surface area contributed by atoms with Gasteiger partial charge in [0, 0.05) is 19.1 Å². The van der Waals surface area contributed by atoms with E-state index in [0.29, 0.717) is 6.04 Å². The maximum absolute atomic E-state index is 11.8. The molecule has 84 valence electrons. The highest BCUT2D eigenvalue weighted by Crippen LogP contribution is 2.20. The molecule has 2 aromatic rings. The third kappa shape index (κ3) is 1.30. The molecular formula is C12H15N3O. The topological polar surface area (TPSA) is 49.8 Å². The minimum atomic E-state index is -0.00241. The monoisotopic (exact) mass is 217 g/mol. The van der Waals surface area contributed by atoms with Gasteiger partial charge < -0.3 is 10.3 Å². The smallest absolute Gasteiger partial charge is 0.308 e. The van der Waals surface area contributed by atoms with E-state index in [1.54, 1.807) is 0 Å². The molecule has 0 bridgehead atoms. The number of nitrogens with zero attached hydrogens (tertiary/aromatic N) is 1. The van der Waals surface area contributed by atoms with Crippen molar-refractivity contribution in [1.29, 1.82) is 0 Å². The van der Waals surface area contributed by atoms with E-state index in [9.17, 15) is 4.79 Å². The number of hydrogen-bond donors (Lipinski definition) is 2. The second-order valence-corrected chi connectivity index (χ2v) is 4.64. The van der Waals surface area contributed by atoms with E-state index >= 15 is 0 Å². The van der Waals surface area contributed by atoms with Crippen molar-refractivity contribution in [3.8, 4) is 0 Å². The second-order valence-electron chi connectivity index (χ2n) is 4.64. The number of aryl methyl sites for hydroxylation is 1. The van der Waals surface area contributed by atoms with Crippen LogP contribution in [0.15, 0.2) is 16.9 Å². The van der Waals surface area contributed by atoms with Crippen LogP contribution in [0.3, 0.4) is 0 Å². The lowest BCUT2D eigenvalue weighted by Gasteiger charge is -2.09. The van der Waals surface area contributed by atoms with Gasteiger partial charge in [0.2, 0.25) is 0 Å². The Morgan fingerprint density at radius 1 is 1.44 bits per heavy atom. The van der Waals surface area contributed by atoms with E-state index in [-0.39, 0.29) is 5.69 Å². The van der Waals surface area contributed by atoms with Crippen LogP contribution in [0, 0.1) is 6.92 Å². The summed E-state index contributed by atoms with van der Waals surface area (Å²) in [6.07, 6.45) is 0. The lowest BCUT2D eigenvalue weighted by atomic mass is 10.1. The van der Waals surface area contributed by atoms with Gasteiger partial charge in [-0.05, 0) is 31.0 Å². The highest BCUT2D eigenvalue weighted by Gasteiger charge is 2.17. The lowest BCUT2D eigenvalue weighted by Crippen LogP contribution is -2.30. The largest absolute Gasteiger partial charge is 0.326 e.